The molecule has 31 heavy (non-hydrogen) atoms. The zero-order chi connectivity index (χ0) is 23.2. The summed E-state index contributed by atoms with van der Waals surface area (Å²) in [7, 11) is -16.6. The molecule has 0 aliphatic carbocycles. The van der Waals surface area contributed by atoms with Crippen molar-refractivity contribution in [2.45, 2.75) is 24.9 Å². The summed E-state index contributed by atoms with van der Waals surface area (Å²) in [6.07, 6.45) is -2.57. The lowest BCUT2D eigenvalue weighted by Gasteiger charge is -2.19. The van der Waals surface area contributed by atoms with Crippen LogP contribution in [0.1, 0.15) is 12.6 Å². The molecule has 0 aromatic carbocycles. The third-order valence-electron chi connectivity index (χ3n) is 3.80. The number of nitrogens with one attached hydrogen (secondary N) is 2. The fourth-order valence-electron chi connectivity index (χ4n) is 2.68. The monoisotopic (exact) mass is 508 g/mol. The van der Waals surface area contributed by atoms with E-state index in [9.17, 15) is 33.3 Å². The maximum Gasteiger partial charge on any atom is 0.490 e. The van der Waals surface area contributed by atoms with Gasteiger partial charge in [-0.05, 0) is 0 Å². The highest BCUT2D eigenvalue weighted by Gasteiger charge is 2.43. The Morgan fingerprint density at radius 2 is 1.81 bits per heavy atom. The number of imidazole rings is 1. The van der Waals surface area contributed by atoms with E-state index in [1.807, 2.05) is 4.98 Å². The fraction of sp³-hybridized carbons (Fsp3) is 0.500. The zero-order valence-corrected chi connectivity index (χ0v) is 17.6. The summed E-state index contributed by atoms with van der Waals surface area (Å²) in [5, 5.41) is 10.1. The van der Waals surface area contributed by atoms with Crippen molar-refractivity contribution in [1.29, 1.82) is 0 Å². The van der Waals surface area contributed by atoms with Gasteiger partial charge in [-0.25, -0.2) is 23.5 Å². The largest absolute Gasteiger partial charge is 0.490 e. The Bertz CT molecular complexity index is 1230. The number of H-pyrrole nitrogens is 2. The van der Waals surface area contributed by atoms with E-state index in [0.717, 1.165) is 6.33 Å². The number of phosphoric ester groups is 1. The molecular formula is C10H15N4O14P3. The first-order valence-corrected chi connectivity index (χ1v) is 12.5. The molecule has 7 N–H and O–H groups in total. The summed E-state index contributed by atoms with van der Waals surface area (Å²) >= 11 is 0. The number of aromatic nitrogens is 4. The molecule has 1 aliphatic rings. The number of nitrogens with zero attached hydrogens (tertiary/aromatic N) is 2. The van der Waals surface area contributed by atoms with Gasteiger partial charge in [0.05, 0.1) is 19.0 Å². The van der Waals surface area contributed by atoms with Gasteiger partial charge in [0, 0.05) is 6.42 Å². The molecule has 174 valence electrons. The van der Waals surface area contributed by atoms with E-state index in [1.165, 1.54) is 4.57 Å². The number of ether oxygens (including phenoxy) is 1. The van der Waals surface area contributed by atoms with Crippen molar-refractivity contribution >= 4 is 34.6 Å². The third-order valence-corrected chi connectivity index (χ3v) is 7.60. The highest BCUT2D eigenvalue weighted by Crippen LogP contribution is 2.66. The van der Waals surface area contributed by atoms with Crippen molar-refractivity contribution in [3.05, 3.63) is 27.2 Å². The molecule has 21 heteroatoms. The Labute approximate surface area is 169 Å². The molecule has 0 spiro atoms. The molecule has 2 aromatic heterocycles. The van der Waals surface area contributed by atoms with Crippen LogP contribution in [0.3, 0.4) is 0 Å². The van der Waals surface area contributed by atoms with Crippen molar-refractivity contribution in [3.63, 3.8) is 0 Å². The molecule has 0 amide bonds. The molecule has 5 atom stereocenters. The minimum Gasteiger partial charge on any atom is -0.390 e. The molecule has 1 saturated heterocycles. The maximum absolute atomic E-state index is 11.8. The zero-order valence-electron chi connectivity index (χ0n) is 14.9. The first kappa shape index (κ1) is 24.1. The molecule has 1 aliphatic heterocycles. The van der Waals surface area contributed by atoms with Gasteiger partial charge >= 0.3 is 29.2 Å². The van der Waals surface area contributed by atoms with E-state index >= 15 is 0 Å². The normalized spacial score (nSPS) is 26.0. The average Bonchev–Trinajstić information content (AvgIpc) is 3.13. The van der Waals surface area contributed by atoms with Crippen LogP contribution in [0, 0.1) is 0 Å². The molecule has 3 rings (SSSR count). The second kappa shape index (κ2) is 8.44. The molecule has 2 aromatic rings. The lowest BCUT2D eigenvalue weighted by molar-refractivity contribution is -0.0423. The molecule has 0 saturated carbocycles. The number of rotatable bonds is 8. The van der Waals surface area contributed by atoms with Crippen LogP contribution in [0.2, 0.25) is 0 Å². The highest BCUT2D eigenvalue weighted by molar-refractivity contribution is 7.66. The van der Waals surface area contributed by atoms with E-state index in [4.69, 9.17) is 19.4 Å². The molecule has 1 fully saturated rings. The van der Waals surface area contributed by atoms with E-state index in [0.29, 0.717) is 0 Å². The average molecular weight is 508 g/mol. The summed E-state index contributed by atoms with van der Waals surface area (Å²) in [5.74, 6) is 0. The van der Waals surface area contributed by atoms with E-state index in [-0.39, 0.29) is 17.6 Å². The van der Waals surface area contributed by atoms with Crippen LogP contribution in [0.25, 0.3) is 11.2 Å². The molecule has 5 unspecified atom stereocenters. The Morgan fingerprint density at radius 3 is 2.45 bits per heavy atom. The van der Waals surface area contributed by atoms with Gasteiger partial charge in [0.1, 0.15) is 18.0 Å². The van der Waals surface area contributed by atoms with Crippen LogP contribution < -0.4 is 11.2 Å². The van der Waals surface area contributed by atoms with Gasteiger partial charge in [-0.3, -0.25) is 23.9 Å². The second-order valence-corrected chi connectivity index (χ2v) is 10.5. The van der Waals surface area contributed by atoms with Crippen molar-refractivity contribution in [2.75, 3.05) is 6.61 Å². The SMILES string of the molecule is O=c1[nH]c(=O)c2ncn(C3CC(O)C(COP(=O)(O)OP(=O)(O)OP(=O)(O)O)O3)c2[nH]1. The summed E-state index contributed by atoms with van der Waals surface area (Å²) in [5.41, 5.74) is -1.71. The van der Waals surface area contributed by atoms with Crippen LogP contribution in [0.5, 0.6) is 0 Å². The smallest absolute Gasteiger partial charge is 0.390 e. The van der Waals surface area contributed by atoms with E-state index < -0.39 is 59.8 Å². The Balaban J connectivity index is 1.68. The predicted molar refractivity (Wildman–Crippen MR) is 95.3 cm³/mol. The number of fused-ring (bicyclic) bond motifs is 1. The van der Waals surface area contributed by atoms with E-state index in [2.05, 4.69) is 23.1 Å². The quantitative estimate of drug-likeness (QED) is 0.198. The number of aliphatic hydroxyl groups is 1. The van der Waals surface area contributed by atoms with Crippen LogP contribution >= 0.6 is 23.5 Å². The van der Waals surface area contributed by atoms with Gasteiger partial charge in [-0.2, -0.15) is 8.62 Å². The minimum absolute atomic E-state index is 0.0144. The third kappa shape index (κ3) is 6.04. The Morgan fingerprint density at radius 1 is 1.13 bits per heavy atom. The first-order valence-electron chi connectivity index (χ1n) is 7.97. The Hall–Kier alpha value is -1.52. The predicted octanol–water partition coefficient (Wildman–Crippen LogP) is -1.60. The van der Waals surface area contributed by atoms with Crippen molar-refractivity contribution in [3.8, 4) is 0 Å². The van der Waals surface area contributed by atoms with Crippen LogP contribution in [0.15, 0.2) is 15.9 Å². The van der Waals surface area contributed by atoms with Crippen LogP contribution in [-0.4, -0.2) is 63.0 Å². The Kier molecular flexibility index (Phi) is 6.57. The topological polar surface area (TPSA) is 273 Å². The number of hydrogen-bond donors (Lipinski definition) is 7. The number of phosphoric acid groups is 3. The first-order chi connectivity index (χ1) is 14.2. The van der Waals surface area contributed by atoms with Gasteiger partial charge in [0.2, 0.25) is 0 Å². The fourth-order valence-corrected chi connectivity index (χ4v) is 5.71. The van der Waals surface area contributed by atoms with Gasteiger partial charge in [0.15, 0.2) is 5.52 Å². The number of aliphatic hydroxyl groups excluding tert-OH is 1. The standard InChI is InChI=1S/C10H15N4O14P3/c15-4-1-6(14-3-11-7-8(14)12-10(17)13-9(7)16)26-5(4)2-25-30(21,22)28-31(23,24)27-29(18,19)20/h3-6,15H,1-2H2,(H,21,22)(H,23,24)(H2,18,19,20)(H2,12,13,16,17). The highest BCUT2D eigenvalue weighted by atomic mass is 31.3. The number of hydrogen-bond acceptors (Lipinski definition) is 11. The van der Waals surface area contributed by atoms with E-state index in [1.54, 1.807) is 0 Å². The summed E-state index contributed by atoms with van der Waals surface area (Å²) in [6, 6.07) is 0. The molecular weight excluding hydrogens is 493 g/mol. The molecule has 3 heterocycles. The van der Waals surface area contributed by atoms with Gasteiger partial charge in [-0.1, -0.05) is 0 Å². The minimum atomic E-state index is -5.68. The van der Waals surface area contributed by atoms with Crippen LogP contribution in [-0.2, 0) is 31.6 Å². The summed E-state index contributed by atoms with van der Waals surface area (Å²) in [4.78, 5) is 66.9. The second-order valence-electron chi connectivity index (χ2n) is 6.08. The molecule has 0 bridgehead atoms. The van der Waals surface area contributed by atoms with Gasteiger partial charge in [-0.15, -0.1) is 0 Å². The van der Waals surface area contributed by atoms with Gasteiger partial charge in [0.25, 0.3) is 5.56 Å². The van der Waals surface area contributed by atoms with Crippen LogP contribution in [0.4, 0.5) is 0 Å². The van der Waals surface area contributed by atoms with Crippen molar-refractivity contribution < 1.29 is 56.3 Å². The van der Waals surface area contributed by atoms with Crippen molar-refractivity contribution in [2.24, 2.45) is 0 Å². The summed E-state index contributed by atoms with van der Waals surface area (Å²) < 4.78 is 51.9. The lowest BCUT2D eigenvalue weighted by atomic mass is 10.2. The summed E-state index contributed by atoms with van der Waals surface area (Å²) in [6.45, 7) is -0.870. The molecule has 0 radical (unpaired) electrons. The number of aromatic amines is 2. The maximum atomic E-state index is 11.8. The lowest BCUT2D eigenvalue weighted by Crippen LogP contribution is -2.26. The molecule has 18 nitrogen and oxygen atoms in total. The van der Waals surface area contributed by atoms with Crippen molar-refractivity contribution in [1.82, 2.24) is 19.5 Å². The van der Waals surface area contributed by atoms with Gasteiger partial charge < -0.3 is 29.4 Å².